The largest absolute Gasteiger partial charge is 0.0651 e. The predicted molar refractivity (Wildman–Crippen MR) is 52.4 cm³/mol. The average molecular weight is 155 g/mol. The van der Waals surface area contributed by atoms with Gasteiger partial charge in [0, 0.05) is 0 Å². The van der Waals surface area contributed by atoms with Gasteiger partial charge in [0.2, 0.25) is 0 Å². The number of hydrogen-bond acceptors (Lipinski definition) is 0. The Kier molecular flexibility index (Phi) is 4.13. The molecule has 0 fully saturated rings. The Morgan fingerprint density at radius 2 is 1.73 bits per heavy atom. The monoisotopic (exact) mass is 155 g/mol. The molecule has 0 amide bonds. The molecular formula is C11H23. The molecule has 0 aromatic heterocycles. The van der Waals surface area contributed by atoms with E-state index in [0.717, 1.165) is 11.8 Å². The highest BCUT2D eigenvalue weighted by Gasteiger charge is 2.21. The summed E-state index contributed by atoms with van der Waals surface area (Å²) in [7, 11) is 0. The minimum Gasteiger partial charge on any atom is -0.0651 e. The molecule has 0 aromatic carbocycles. The summed E-state index contributed by atoms with van der Waals surface area (Å²) in [6.07, 6.45) is 2.60. The van der Waals surface area contributed by atoms with E-state index in [2.05, 4.69) is 41.5 Å². The summed E-state index contributed by atoms with van der Waals surface area (Å²) in [5, 5.41) is 0. The topological polar surface area (TPSA) is 0 Å². The maximum Gasteiger partial charge on any atom is -0.0328 e. The molecule has 0 saturated carbocycles. The van der Waals surface area contributed by atoms with Crippen molar-refractivity contribution < 1.29 is 0 Å². The molecule has 0 aliphatic rings. The third kappa shape index (κ3) is 4.44. The van der Waals surface area contributed by atoms with E-state index < -0.39 is 0 Å². The van der Waals surface area contributed by atoms with E-state index in [-0.39, 0.29) is 5.41 Å². The van der Waals surface area contributed by atoms with Crippen molar-refractivity contribution in [2.24, 2.45) is 17.3 Å². The molecule has 1 radical (unpaired) electrons. The maximum atomic E-state index is 4.16. The molecule has 0 heterocycles. The summed E-state index contributed by atoms with van der Waals surface area (Å²) >= 11 is 0. The van der Waals surface area contributed by atoms with Crippen LogP contribution in [0.5, 0.6) is 0 Å². The molecule has 0 nitrogen and oxygen atoms in total. The second-order valence-electron chi connectivity index (χ2n) is 4.64. The Morgan fingerprint density at radius 1 is 1.27 bits per heavy atom. The van der Waals surface area contributed by atoms with Crippen LogP contribution < -0.4 is 0 Å². The first-order valence-electron chi connectivity index (χ1n) is 4.73. The third-order valence-corrected chi connectivity index (χ3v) is 2.79. The van der Waals surface area contributed by atoms with E-state index in [1.54, 1.807) is 0 Å². The molecule has 0 aliphatic carbocycles. The first-order valence-corrected chi connectivity index (χ1v) is 4.73. The van der Waals surface area contributed by atoms with Crippen molar-refractivity contribution in [1.29, 1.82) is 0 Å². The molecule has 2 atom stereocenters. The molecule has 2 unspecified atom stereocenters. The number of hydrogen-bond donors (Lipinski definition) is 0. The van der Waals surface area contributed by atoms with Gasteiger partial charge < -0.3 is 0 Å². The van der Waals surface area contributed by atoms with Crippen LogP contribution in [0.4, 0.5) is 0 Å². The fraction of sp³-hybridized carbons (Fsp3) is 0.909. The van der Waals surface area contributed by atoms with Crippen molar-refractivity contribution in [3.8, 4) is 0 Å². The van der Waals surface area contributed by atoms with Gasteiger partial charge >= 0.3 is 0 Å². The van der Waals surface area contributed by atoms with Crippen LogP contribution in [0, 0.1) is 24.2 Å². The Labute approximate surface area is 72.4 Å². The lowest BCUT2D eigenvalue weighted by Gasteiger charge is -2.29. The lowest BCUT2D eigenvalue weighted by atomic mass is 9.77. The Bertz CT molecular complexity index is 97.1. The molecule has 0 aromatic rings. The zero-order chi connectivity index (χ0) is 9.07. The smallest absolute Gasteiger partial charge is 0.0328 e. The van der Waals surface area contributed by atoms with Crippen molar-refractivity contribution in [3.05, 3.63) is 6.92 Å². The molecular weight excluding hydrogens is 132 g/mol. The van der Waals surface area contributed by atoms with E-state index in [1.165, 1.54) is 12.8 Å². The van der Waals surface area contributed by atoms with Gasteiger partial charge in [-0.25, -0.2) is 0 Å². The van der Waals surface area contributed by atoms with Gasteiger partial charge in [0.05, 0.1) is 0 Å². The van der Waals surface area contributed by atoms with Gasteiger partial charge in [0.25, 0.3) is 0 Å². The van der Waals surface area contributed by atoms with E-state index in [4.69, 9.17) is 0 Å². The van der Waals surface area contributed by atoms with Crippen LogP contribution in [-0.4, -0.2) is 0 Å². The predicted octanol–water partition coefficient (Wildman–Crippen LogP) is 3.92. The average Bonchev–Trinajstić information content (AvgIpc) is 1.85. The zero-order valence-electron chi connectivity index (χ0n) is 8.78. The van der Waals surface area contributed by atoms with Crippen LogP contribution in [0.2, 0.25) is 0 Å². The lowest BCUT2D eigenvalue weighted by molar-refractivity contribution is 0.249. The Balaban J connectivity index is 3.77. The summed E-state index contributed by atoms with van der Waals surface area (Å²) in [6, 6.07) is 0. The minimum absolute atomic E-state index is 0.240. The fourth-order valence-electron chi connectivity index (χ4n) is 1.09. The van der Waals surface area contributed by atoms with Crippen LogP contribution in [0.3, 0.4) is 0 Å². The van der Waals surface area contributed by atoms with E-state index in [0.29, 0.717) is 0 Å². The van der Waals surface area contributed by atoms with Gasteiger partial charge in [-0.1, -0.05) is 41.0 Å². The summed E-state index contributed by atoms with van der Waals surface area (Å²) in [5.74, 6) is 1.59. The lowest BCUT2D eigenvalue weighted by Crippen LogP contribution is -2.19. The highest BCUT2D eigenvalue weighted by Crippen LogP contribution is 2.30. The quantitative estimate of drug-likeness (QED) is 0.577. The van der Waals surface area contributed by atoms with Crippen molar-refractivity contribution in [3.63, 3.8) is 0 Å². The summed E-state index contributed by atoms with van der Waals surface area (Å²) < 4.78 is 0. The van der Waals surface area contributed by atoms with Crippen LogP contribution >= 0.6 is 0 Å². The minimum atomic E-state index is 0.240. The van der Waals surface area contributed by atoms with Crippen molar-refractivity contribution in [2.45, 2.75) is 47.5 Å². The fourth-order valence-corrected chi connectivity index (χ4v) is 1.09. The van der Waals surface area contributed by atoms with Gasteiger partial charge in [0.1, 0.15) is 0 Å². The molecule has 0 heteroatoms. The van der Waals surface area contributed by atoms with Gasteiger partial charge in [-0.05, 0) is 30.6 Å². The molecule has 0 N–H and O–H groups in total. The van der Waals surface area contributed by atoms with Gasteiger partial charge in [-0.2, -0.15) is 0 Å². The standard InChI is InChI=1S/C11H23/c1-7-9(2)8-10(3)11(4,5)6/h9-10H,4,7-8H2,1-3,5-6H3. The second kappa shape index (κ2) is 4.13. The summed E-state index contributed by atoms with van der Waals surface area (Å²) in [5.41, 5.74) is 0.240. The SMILES string of the molecule is [CH2]C(C)(C)C(C)CC(C)CC. The van der Waals surface area contributed by atoms with Crippen molar-refractivity contribution in [1.82, 2.24) is 0 Å². The zero-order valence-corrected chi connectivity index (χ0v) is 8.78. The Morgan fingerprint density at radius 3 is 2.00 bits per heavy atom. The highest BCUT2D eigenvalue weighted by atomic mass is 14.3. The molecule has 0 bridgehead atoms. The molecule has 67 valence electrons. The maximum absolute atomic E-state index is 4.16. The van der Waals surface area contributed by atoms with Gasteiger partial charge in [-0.15, -0.1) is 0 Å². The summed E-state index contributed by atoms with van der Waals surface area (Å²) in [4.78, 5) is 0. The van der Waals surface area contributed by atoms with E-state index >= 15 is 0 Å². The van der Waals surface area contributed by atoms with Crippen molar-refractivity contribution in [2.75, 3.05) is 0 Å². The molecule has 0 aliphatic heterocycles. The number of rotatable bonds is 4. The van der Waals surface area contributed by atoms with E-state index in [1.807, 2.05) is 0 Å². The van der Waals surface area contributed by atoms with Gasteiger partial charge in [0.15, 0.2) is 0 Å². The normalized spacial score (nSPS) is 18.0. The first kappa shape index (κ1) is 11.0. The second-order valence-corrected chi connectivity index (χ2v) is 4.64. The van der Waals surface area contributed by atoms with Crippen LogP contribution in [0.1, 0.15) is 47.5 Å². The van der Waals surface area contributed by atoms with Gasteiger partial charge in [-0.3, -0.25) is 0 Å². The van der Waals surface area contributed by atoms with Crippen LogP contribution in [0.15, 0.2) is 0 Å². The first-order chi connectivity index (χ1) is 4.88. The Hall–Kier alpha value is 0. The molecule has 0 spiro atoms. The van der Waals surface area contributed by atoms with Crippen LogP contribution in [-0.2, 0) is 0 Å². The molecule has 0 saturated heterocycles. The third-order valence-electron chi connectivity index (χ3n) is 2.79. The molecule has 0 rings (SSSR count). The van der Waals surface area contributed by atoms with E-state index in [9.17, 15) is 0 Å². The summed E-state index contributed by atoms with van der Waals surface area (Å²) in [6.45, 7) is 15.5. The molecule has 11 heavy (non-hydrogen) atoms. The van der Waals surface area contributed by atoms with Crippen LogP contribution in [0.25, 0.3) is 0 Å². The van der Waals surface area contributed by atoms with Crippen molar-refractivity contribution >= 4 is 0 Å². The highest BCUT2D eigenvalue weighted by molar-refractivity contribution is 4.78.